The summed E-state index contributed by atoms with van der Waals surface area (Å²) in [5.74, 6) is -1.28. The highest BCUT2D eigenvalue weighted by molar-refractivity contribution is 4.91. The van der Waals surface area contributed by atoms with E-state index in [1.807, 2.05) is 0 Å². The van der Waals surface area contributed by atoms with Gasteiger partial charge in [0.1, 0.15) is 24.4 Å². The molecule has 0 bridgehead atoms. The Bertz CT molecular complexity index is 379. The lowest BCUT2D eigenvalue weighted by Gasteiger charge is -2.46. The lowest BCUT2D eigenvalue weighted by Crippen LogP contribution is -2.60. The summed E-state index contributed by atoms with van der Waals surface area (Å²) in [6, 6.07) is 0. The summed E-state index contributed by atoms with van der Waals surface area (Å²) in [6.07, 6.45) is -8.79. The number of ether oxygens (including phenoxy) is 3. The molecule has 0 aromatic heterocycles. The fraction of sp³-hybridized carbons (Fsp3) is 1.00. The van der Waals surface area contributed by atoms with E-state index in [9.17, 15) is 30.6 Å². The maximum atomic E-state index is 10.3. The molecule has 0 amide bonds. The highest BCUT2D eigenvalue weighted by Crippen LogP contribution is 2.32. The Morgan fingerprint density at radius 1 is 0.760 bits per heavy atom. The van der Waals surface area contributed by atoms with Crippen LogP contribution < -0.4 is 0 Å². The van der Waals surface area contributed by atoms with E-state index < -0.39 is 74.3 Å². The van der Waals surface area contributed by atoms with Crippen LogP contribution in [0.25, 0.3) is 0 Å². The Labute approximate surface area is 148 Å². The van der Waals surface area contributed by atoms with Crippen LogP contribution in [0.4, 0.5) is 0 Å². The molecule has 2 fully saturated rings. The fourth-order valence-electron chi connectivity index (χ4n) is 2.91. The molecule has 0 spiro atoms. The van der Waals surface area contributed by atoms with Crippen LogP contribution in [0.15, 0.2) is 0 Å². The molecule has 5 unspecified atom stereocenters. The summed E-state index contributed by atoms with van der Waals surface area (Å²) in [4.78, 5) is 0. The van der Waals surface area contributed by atoms with Crippen LogP contribution in [-0.2, 0) is 14.2 Å². The Kier molecular flexibility index (Phi) is 9.95. The van der Waals surface area contributed by atoms with E-state index in [0.29, 0.717) is 0 Å². The van der Waals surface area contributed by atoms with Crippen molar-refractivity contribution in [2.45, 2.75) is 77.9 Å². The molecule has 0 aromatic carbocycles. The minimum absolute atomic E-state index is 0. The fourth-order valence-corrected chi connectivity index (χ4v) is 2.91. The van der Waals surface area contributed by atoms with Gasteiger partial charge in [-0.2, -0.15) is 0 Å². The molecule has 0 radical (unpaired) electrons. The molecule has 2 rings (SSSR count). The minimum atomic E-state index is -1.25. The number of rotatable bonds is 4. The maximum Gasteiger partial charge on any atom is 0.163 e. The average molecular weight is 370 g/mol. The number of aliphatic hydroxyl groups is 6. The third kappa shape index (κ3) is 4.88. The van der Waals surface area contributed by atoms with E-state index in [2.05, 4.69) is 0 Å². The Morgan fingerprint density at radius 3 is 1.84 bits per heavy atom. The predicted octanol–water partition coefficient (Wildman–Crippen LogP) is -1.57. The second-order valence-corrected chi connectivity index (χ2v) is 6.26. The van der Waals surface area contributed by atoms with Crippen LogP contribution in [0, 0.1) is 11.8 Å². The largest absolute Gasteiger partial charge is 0.394 e. The average Bonchev–Trinajstić information content (AvgIpc) is 2.55. The summed E-state index contributed by atoms with van der Waals surface area (Å²) in [5, 5.41) is 58.4. The van der Waals surface area contributed by atoms with Gasteiger partial charge in [0.05, 0.1) is 25.4 Å². The van der Waals surface area contributed by atoms with Gasteiger partial charge in [-0.05, 0) is 0 Å². The zero-order valence-electron chi connectivity index (χ0n) is 13.1. The van der Waals surface area contributed by atoms with Crippen LogP contribution >= 0.6 is 0 Å². The van der Waals surface area contributed by atoms with Gasteiger partial charge < -0.3 is 44.8 Å². The highest BCUT2D eigenvalue weighted by Gasteiger charge is 2.48. The zero-order chi connectivity index (χ0) is 17.3. The van der Waals surface area contributed by atoms with Gasteiger partial charge in [0.15, 0.2) is 12.6 Å². The molecule has 2 heterocycles. The number of hydrogen-bond acceptors (Lipinski definition) is 9. The minimum Gasteiger partial charge on any atom is -0.394 e. The van der Waals surface area contributed by atoms with Gasteiger partial charge in [-0.15, -0.1) is 0 Å². The SMILES string of the molecule is C.C.CC1[C@@H](O)C(OC2OC(CO)[C@@H](O)C(O)[C@H]2C)[C@@H](CO)O[C@H]1O. The zero-order valence-corrected chi connectivity index (χ0v) is 13.1. The topological polar surface area (TPSA) is 149 Å². The third-order valence-corrected chi connectivity index (χ3v) is 4.66. The molecule has 6 N–H and O–H groups in total. The van der Waals surface area contributed by atoms with Crippen LogP contribution in [0.1, 0.15) is 28.7 Å². The Morgan fingerprint density at radius 2 is 1.32 bits per heavy atom. The Balaban J connectivity index is 0.00000288. The Hall–Kier alpha value is -0.360. The van der Waals surface area contributed by atoms with Crippen LogP contribution in [0.2, 0.25) is 0 Å². The molecule has 9 heteroatoms. The smallest absolute Gasteiger partial charge is 0.163 e. The second kappa shape index (κ2) is 10.1. The molecule has 0 aromatic rings. The number of aliphatic hydroxyl groups excluding tert-OH is 6. The van der Waals surface area contributed by atoms with E-state index >= 15 is 0 Å². The molecule has 2 aliphatic rings. The molecule has 10 atom stereocenters. The van der Waals surface area contributed by atoms with Crippen molar-refractivity contribution in [3.8, 4) is 0 Å². The molecule has 0 aliphatic carbocycles. The van der Waals surface area contributed by atoms with Crippen LogP contribution in [0.5, 0.6) is 0 Å². The van der Waals surface area contributed by atoms with Crippen molar-refractivity contribution in [3.05, 3.63) is 0 Å². The van der Waals surface area contributed by atoms with Crippen molar-refractivity contribution in [1.82, 2.24) is 0 Å². The van der Waals surface area contributed by atoms with Gasteiger partial charge >= 0.3 is 0 Å². The quantitative estimate of drug-likeness (QED) is 0.345. The molecule has 25 heavy (non-hydrogen) atoms. The second-order valence-electron chi connectivity index (χ2n) is 6.26. The predicted molar refractivity (Wildman–Crippen MR) is 88.4 cm³/mol. The summed E-state index contributed by atoms with van der Waals surface area (Å²) >= 11 is 0. The molecule has 152 valence electrons. The van der Waals surface area contributed by atoms with Crippen molar-refractivity contribution in [1.29, 1.82) is 0 Å². The maximum absolute atomic E-state index is 10.3. The van der Waals surface area contributed by atoms with E-state index in [4.69, 9.17) is 14.2 Å². The van der Waals surface area contributed by atoms with Crippen LogP contribution in [-0.4, -0.2) is 93.1 Å². The molecule has 2 saturated heterocycles. The summed E-state index contributed by atoms with van der Waals surface area (Å²) in [5.41, 5.74) is 0. The first-order valence-corrected chi connectivity index (χ1v) is 7.72. The molecule has 2 aliphatic heterocycles. The van der Waals surface area contributed by atoms with Gasteiger partial charge in [0.2, 0.25) is 0 Å². The van der Waals surface area contributed by atoms with Gasteiger partial charge in [-0.25, -0.2) is 0 Å². The van der Waals surface area contributed by atoms with Crippen LogP contribution in [0.3, 0.4) is 0 Å². The van der Waals surface area contributed by atoms with Gasteiger partial charge in [0, 0.05) is 11.8 Å². The summed E-state index contributed by atoms with van der Waals surface area (Å²) in [6.45, 7) is 2.17. The highest BCUT2D eigenvalue weighted by atomic mass is 16.7. The molecular formula is C16H34O9. The molecule has 0 saturated carbocycles. The third-order valence-electron chi connectivity index (χ3n) is 4.66. The summed E-state index contributed by atoms with van der Waals surface area (Å²) in [7, 11) is 0. The standard InChI is InChI=1S/C14H26O9.2CH4/c1-5-10(18)12(8(4-16)21-13(5)20)23-14-6(2)9(17)11(19)7(3-15)22-14;;/h5-20H,3-4H2,1-2H3;2*1H4/t5?,6-,7?,8-,9?,10-,11-,12?,13-,14?;;/m1../s1. The van der Waals surface area contributed by atoms with Crippen molar-refractivity contribution < 1.29 is 44.8 Å². The monoisotopic (exact) mass is 370 g/mol. The van der Waals surface area contributed by atoms with Crippen molar-refractivity contribution >= 4 is 0 Å². The van der Waals surface area contributed by atoms with Crippen molar-refractivity contribution in [2.75, 3.05) is 13.2 Å². The van der Waals surface area contributed by atoms with Gasteiger partial charge in [0.25, 0.3) is 0 Å². The van der Waals surface area contributed by atoms with Crippen molar-refractivity contribution in [3.63, 3.8) is 0 Å². The lowest BCUT2D eigenvalue weighted by molar-refractivity contribution is -0.340. The van der Waals surface area contributed by atoms with Gasteiger partial charge in [-0.1, -0.05) is 28.7 Å². The lowest BCUT2D eigenvalue weighted by atomic mass is 9.90. The van der Waals surface area contributed by atoms with E-state index in [0.717, 1.165) is 0 Å². The van der Waals surface area contributed by atoms with E-state index in [-0.39, 0.29) is 14.9 Å². The normalized spacial score (nSPS) is 47.5. The first kappa shape index (κ1) is 24.6. The van der Waals surface area contributed by atoms with Gasteiger partial charge in [-0.3, -0.25) is 0 Å². The first-order valence-electron chi connectivity index (χ1n) is 7.72. The first-order chi connectivity index (χ1) is 10.8. The van der Waals surface area contributed by atoms with Crippen molar-refractivity contribution in [2.24, 2.45) is 11.8 Å². The number of hydrogen-bond donors (Lipinski definition) is 6. The summed E-state index contributed by atoms with van der Waals surface area (Å²) < 4.78 is 16.3. The molecular weight excluding hydrogens is 336 g/mol. The molecule has 9 nitrogen and oxygen atoms in total. The van der Waals surface area contributed by atoms with E-state index in [1.54, 1.807) is 13.8 Å². The van der Waals surface area contributed by atoms with E-state index in [1.165, 1.54) is 0 Å².